The van der Waals surface area contributed by atoms with Gasteiger partial charge in [-0.15, -0.1) is 0 Å². The smallest absolute Gasteiger partial charge is 0.249 e. The van der Waals surface area contributed by atoms with Gasteiger partial charge in [0.05, 0.1) is 14.2 Å². The Labute approximate surface area is 76.2 Å². The first kappa shape index (κ1) is 9.69. The summed E-state index contributed by atoms with van der Waals surface area (Å²) in [5.74, 6) is 0.969. The first-order valence-electron chi connectivity index (χ1n) is 3.70. The van der Waals surface area contributed by atoms with Crippen molar-refractivity contribution in [2.75, 3.05) is 25.2 Å². The Bertz CT molecular complexity index is 255. The Morgan fingerprint density at radius 1 is 1.15 bits per heavy atom. The summed E-state index contributed by atoms with van der Waals surface area (Å²) in [5, 5.41) is 0. The standard InChI is InChI=1S/C7H12N4O2/c1-5-4-6(10-12-2)9-7(8-5)11-13-3/h4H,1-3H3,(H2,8,9,10,11). The van der Waals surface area contributed by atoms with E-state index >= 15 is 0 Å². The second-order valence-electron chi connectivity index (χ2n) is 2.33. The number of hydrogen-bond donors (Lipinski definition) is 2. The van der Waals surface area contributed by atoms with Crippen LogP contribution >= 0.6 is 0 Å². The van der Waals surface area contributed by atoms with Crippen LogP contribution in [-0.2, 0) is 9.68 Å². The van der Waals surface area contributed by atoms with Gasteiger partial charge in [-0.3, -0.25) is 9.68 Å². The molecule has 0 spiro atoms. The predicted octanol–water partition coefficient (Wildman–Crippen LogP) is 0.732. The van der Waals surface area contributed by atoms with E-state index in [9.17, 15) is 0 Å². The van der Waals surface area contributed by atoms with Gasteiger partial charge in [0, 0.05) is 11.8 Å². The normalized spacial score (nSPS) is 9.77. The average molecular weight is 184 g/mol. The van der Waals surface area contributed by atoms with Crippen molar-refractivity contribution in [2.24, 2.45) is 0 Å². The Balaban J connectivity index is 2.83. The summed E-state index contributed by atoms with van der Waals surface area (Å²) in [6.07, 6.45) is 0. The van der Waals surface area contributed by atoms with Gasteiger partial charge in [0.15, 0.2) is 5.82 Å². The lowest BCUT2D eigenvalue weighted by atomic mass is 10.4. The minimum Gasteiger partial charge on any atom is -0.278 e. The van der Waals surface area contributed by atoms with E-state index in [0.29, 0.717) is 11.8 Å². The van der Waals surface area contributed by atoms with Crippen LogP contribution in [0.2, 0.25) is 0 Å². The van der Waals surface area contributed by atoms with E-state index < -0.39 is 0 Å². The van der Waals surface area contributed by atoms with E-state index in [0.717, 1.165) is 5.69 Å². The van der Waals surface area contributed by atoms with E-state index in [-0.39, 0.29) is 0 Å². The van der Waals surface area contributed by atoms with E-state index in [1.165, 1.54) is 14.2 Å². The number of aromatic nitrogens is 2. The fourth-order valence-electron chi connectivity index (χ4n) is 0.862. The highest BCUT2D eigenvalue weighted by Gasteiger charge is 2.00. The number of nitrogens with one attached hydrogen (secondary N) is 2. The summed E-state index contributed by atoms with van der Waals surface area (Å²) in [5.41, 5.74) is 5.94. The minimum atomic E-state index is 0.391. The predicted molar refractivity (Wildman–Crippen MR) is 48.0 cm³/mol. The van der Waals surface area contributed by atoms with E-state index in [1.807, 2.05) is 6.92 Å². The maximum absolute atomic E-state index is 4.71. The van der Waals surface area contributed by atoms with Gasteiger partial charge in [0.1, 0.15) is 0 Å². The van der Waals surface area contributed by atoms with Crippen LogP contribution in [0.25, 0.3) is 0 Å². The molecule has 0 radical (unpaired) electrons. The Morgan fingerprint density at radius 3 is 2.46 bits per heavy atom. The molecule has 2 N–H and O–H groups in total. The Morgan fingerprint density at radius 2 is 1.85 bits per heavy atom. The van der Waals surface area contributed by atoms with Crippen molar-refractivity contribution in [3.8, 4) is 0 Å². The van der Waals surface area contributed by atoms with Crippen molar-refractivity contribution in [3.63, 3.8) is 0 Å². The molecule has 0 aliphatic rings. The van der Waals surface area contributed by atoms with Crippen molar-refractivity contribution in [1.29, 1.82) is 0 Å². The fourth-order valence-corrected chi connectivity index (χ4v) is 0.862. The fraction of sp³-hybridized carbons (Fsp3) is 0.429. The molecule has 0 aromatic carbocycles. The zero-order valence-corrected chi connectivity index (χ0v) is 7.79. The molecule has 0 bridgehead atoms. The van der Waals surface area contributed by atoms with Crippen LogP contribution in [0.5, 0.6) is 0 Å². The summed E-state index contributed by atoms with van der Waals surface area (Å²) >= 11 is 0. The van der Waals surface area contributed by atoms with Gasteiger partial charge in [-0.25, -0.2) is 15.9 Å². The SMILES string of the molecule is CONc1cc(C)nc(NOC)n1. The summed E-state index contributed by atoms with van der Waals surface area (Å²) < 4.78 is 0. The molecule has 6 heteroatoms. The van der Waals surface area contributed by atoms with Crippen molar-refractivity contribution >= 4 is 11.8 Å². The molecular weight excluding hydrogens is 172 g/mol. The van der Waals surface area contributed by atoms with Crippen molar-refractivity contribution in [3.05, 3.63) is 11.8 Å². The maximum atomic E-state index is 4.71. The lowest BCUT2D eigenvalue weighted by Gasteiger charge is -2.06. The topological polar surface area (TPSA) is 68.3 Å². The molecule has 0 aliphatic heterocycles. The first-order chi connectivity index (χ1) is 6.26. The van der Waals surface area contributed by atoms with Crippen LogP contribution in [0.15, 0.2) is 6.07 Å². The quantitative estimate of drug-likeness (QED) is 0.672. The molecule has 0 atom stereocenters. The molecule has 13 heavy (non-hydrogen) atoms. The molecule has 1 aromatic heterocycles. The number of hydrogen-bond acceptors (Lipinski definition) is 6. The lowest BCUT2D eigenvalue weighted by Crippen LogP contribution is -2.06. The van der Waals surface area contributed by atoms with Gasteiger partial charge >= 0.3 is 0 Å². The van der Waals surface area contributed by atoms with Gasteiger partial charge in [-0.2, -0.15) is 4.98 Å². The van der Waals surface area contributed by atoms with E-state index in [4.69, 9.17) is 4.84 Å². The molecule has 6 nitrogen and oxygen atoms in total. The largest absolute Gasteiger partial charge is 0.278 e. The third-order valence-corrected chi connectivity index (χ3v) is 1.25. The Hall–Kier alpha value is -1.40. The summed E-state index contributed by atoms with van der Waals surface area (Å²) in [6.45, 7) is 1.85. The van der Waals surface area contributed by atoms with E-state index in [1.54, 1.807) is 6.07 Å². The van der Waals surface area contributed by atoms with Crippen molar-refractivity contribution in [2.45, 2.75) is 6.92 Å². The molecule has 72 valence electrons. The number of anilines is 2. The van der Waals surface area contributed by atoms with Crippen LogP contribution in [0.3, 0.4) is 0 Å². The second-order valence-corrected chi connectivity index (χ2v) is 2.33. The maximum Gasteiger partial charge on any atom is 0.249 e. The third kappa shape index (κ3) is 2.85. The molecule has 1 heterocycles. The zero-order valence-electron chi connectivity index (χ0n) is 7.79. The van der Waals surface area contributed by atoms with Crippen LogP contribution < -0.4 is 11.0 Å². The molecule has 0 aliphatic carbocycles. The number of rotatable bonds is 4. The average Bonchev–Trinajstić information content (AvgIpc) is 2.04. The van der Waals surface area contributed by atoms with Crippen molar-refractivity contribution < 1.29 is 9.68 Å². The second kappa shape index (κ2) is 4.58. The minimum absolute atomic E-state index is 0.391. The number of nitrogens with zero attached hydrogens (tertiary/aromatic N) is 2. The molecule has 0 unspecified atom stereocenters. The molecule has 0 fully saturated rings. The van der Waals surface area contributed by atoms with Gasteiger partial charge in [0.2, 0.25) is 5.95 Å². The summed E-state index contributed by atoms with van der Waals surface area (Å²) in [7, 11) is 3.01. The monoisotopic (exact) mass is 184 g/mol. The summed E-state index contributed by atoms with van der Waals surface area (Å²) in [4.78, 5) is 17.5. The van der Waals surface area contributed by atoms with Crippen LogP contribution in [0, 0.1) is 6.92 Å². The first-order valence-corrected chi connectivity index (χ1v) is 3.70. The Kier molecular flexibility index (Phi) is 3.41. The van der Waals surface area contributed by atoms with Gasteiger partial charge in [0.25, 0.3) is 0 Å². The zero-order chi connectivity index (χ0) is 9.68. The highest BCUT2D eigenvalue weighted by Crippen LogP contribution is 2.08. The molecule has 1 aromatic rings. The van der Waals surface area contributed by atoms with Crippen molar-refractivity contribution in [1.82, 2.24) is 9.97 Å². The van der Waals surface area contributed by atoms with E-state index in [2.05, 4.69) is 25.8 Å². The third-order valence-electron chi connectivity index (χ3n) is 1.25. The van der Waals surface area contributed by atoms with Gasteiger partial charge in [-0.05, 0) is 6.92 Å². The molecule has 0 saturated carbocycles. The molecular formula is C7H12N4O2. The summed E-state index contributed by atoms with van der Waals surface area (Å²) in [6, 6.07) is 1.75. The van der Waals surface area contributed by atoms with Gasteiger partial charge in [-0.1, -0.05) is 0 Å². The van der Waals surface area contributed by atoms with Crippen LogP contribution in [-0.4, -0.2) is 24.2 Å². The molecule has 0 saturated heterocycles. The lowest BCUT2D eigenvalue weighted by molar-refractivity contribution is 0.263. The highest BCUT2D eigenvalue weighted by molar-refractivity contribution is 5.39. The van der Waals surface area contributed by atoms with Gasteiger partial charge < -0.3 is 0 Å². The molecule has 1 rings (SSSR count). The van der Waals surface area contributed by atoms with Crippen LogP contribution in [0.4, 0.5) is 11.8 Å². The number of aryl methyl sites for hydroxylation is 1. The molecule has 0 amide bonds. The van der Waals surface area contributed by atoms with Crippen LogP contribution in [0.1, 0.15) is 5.69 Å². The highest BCUT2D eigenvalue weighted by atomic mass is 16.6.